The summed E-state index contributed by atoms with van der Waals surface area (Å²) >= 11 is 0. The van der Waals surface area contributed by atoms with Crippen LogP contribution in [0.1, 0.15) is 0 Å². The van der Waals surface area contributed by atoms with Crippen molar-refractivity contribution in [2.45, 2.75) is 0 Å². The zero-order valence-corrected chi connectivity index (χ0v) is 6.27. The molecule has 12 heavy (non-hydrogen) atoms. The van der Waals surface area contributed by atoms with E-state index in [1.165, 1.54) is 6.20 Å². The van der Waals surface area contributed by atoms with Gasteiger partial charge in [-0.15, -0.1) is 0 Å². The predicted octanol–water partition coefficient (Wildman–Crippen LogP) is 0.882. The molecule has 0 spiro atoms. The van der Waals surface area contributed by atoms with Gasteiger partial charge in [0.15, 0.2) is 5.75 Å². The number of hydrogen-bond acceptors (Lipinski definition) is 4. The van der Waals surface area contributed by atoms with Crippen molar-refractivity contribution >= 4 is 10.9 Å². The van der Waals surface area contributed by atoms with Gasteiger partial charge >= 0.3 is 0 Å². The fourth-order valence-electron chi connectivity index (χ4n) is 1.08. The Hall–Kier alpha value is -1.68. The van der Waals surface area contributed by atoms with Gasteiger partial charge in [-0.25, -0.2) is 0 Å². The van der Waals surface area contributed by atoms with E-state index in [-0.39, 0.29) is 0 Å². The molecule has 1 aromatic carbocycles. The Morgan fingerprint density at radius 2 is 2.08 bits per heavy atom. The lowest BCUT2D eigenvalue weighted by molar-refractivity contribution is 0.337. The topological polar surface area (TPSA) is 61.0 Å². The van der Waals surface area contributed by atoms with Crippen molar-refractivity contribution in [2.75, 3.05) is 0 Å². The number of rotatable bonds is 1. The fourth-order valence-corrected chi connectivity index (χ4v) is 1.08. The molecule has 4 nitrogen and oxygen atoms in total. The molecule has 4 heteroatoms. The van der Waals surface area contributed by atoms with Crippen LogP contribution in [0.2, 0.25) is 0 Å². The Balaban J connectivity index is 2.79. The van der Waals surface area contributed by atoms with Gasteiger partial charge in [0.1, 0.15) is 0 Å². The molecule has 0 radical (unpaired) electrons. The highest BCUT2D eigenvalue weighted by Crippen LogP contribution is 2.20. The highest BCUT2D eigenvalue weighted by Gasteiger charge is 2.00. The molecule has 0 unspecified atom stereocenters. The quantitative estimate of drug-likeness (QED) is 0.631. The van der Waals surface area contributed by atoms with Crippen LogP contribution in [0.25, 0.3) is 10.9 Å². The van der Waals surface area contributed by atoms with Gasteiger partial charge in [-0.2, -0.15) is 16.1 Å². The molecular weight excluding hydrogens is 154 g/mol. The van der Waals surface area contributed by atoms with Crippen LogP contribution in [0, 0.1) is 0 Å². The summed E-state index contributed by atoms with van der Waals surface area (Å²) in [5.41, 5.74) is 0.778. The van der Waals surface area contributed by atoms with Crippen LogP contribution in [-0.4, -0.2) is 10.2 Å². The Labute approximate surface area is 68.9 Å². The summed E-state index contributed by atoms with van der Waals surface area (Å²) in [5.74, 6) is 5.59. The number of benzene rings is 1. The largest absolute Gasteiger partial charge is 0.409 e. The molecule has 0 aliphatic carbocycles. The minimum Gasteiger partial charge on any atom is -0.409 e. The van der Waals surface area contributed by atoms with Crippen molar-refractivity contribution in [2.24, 2.45) is 5.90 Å². The zero-order valence-electron chi connectivity index (χ0n) is 6.27. The monoisotopic (exact) mass is 161 g/mol. The highest BCUT2D eigenvalue weighted by molar-refractivity contribution is 5.83. The van der Waals surface area contributed by atoms with E-state index in [9.17, 15) is 0 Å². The van der Waals surface area contributed by atoms with E-state index in [0.717, 1.165) is 10.9 Å². The van der Waals surface area contributed by atoms with Gasteiger partial charge in [0.2, 0.25) is 0 Å². The van der Waals surface area contributed by atoms with Crippen LogP contribution in [-0.2, 0) is 0 Å². The second-order valence-electron chi connectivity index (χ2n) is 2.34. The van der Waals surface area contributed by atoms with Crippen LogP contribution in [0.3, 0.4) is 0 Å². The Morgan fingerprint density at radius 1 is 1.25 bits per heavy atom. The van der Waals surface area contributed by atoms with Crippen molar-refractivity contribution in [3.05, 3.63) is 30.5 Å². The highest BCUT2D eigenvalue weighted by atomic mass is 16.6. The standard InChI is InChI=1S/C8H7N3O/c9-12-8-5-10-11-7-4-2-1-3-6(7)8/h1-5H,9H2. The van der Waals surface area contributed by atoms with Gasteiger partial charge in [0, 0.05) is 5.39 Å². The molecule has 0 aliphatic heterocycles. The van der Waals surface area contributed by atoms with Crippen LogP contribution in [0.4, 0.5) is 0 Å². The second kappa shape index (κ2) is 2.75. The fraction of sp³-hybridized carbons (Fsp3) is 0. The smallest absolute Gasteiger partial charge is 0.176 e. The molecule has 2 N–H and O–H groups in total. The average molecular weight is 161 g/mol. The maximum atomic E-state index is 5.05. The van der Waals surface area contributed by atoms with Crippen LogP contribution >= 0.6 is 0 Å². The van der Waals surface area contributed by atoms with Crippen LogP contribution in [0.15, 0.2) is 30.5 Å². The van der Waals surface area contributed by atoms with Gasteiger partial charge in [0.25, 0.3) is 0 Å². The van der Waals surface area contributed by atoms with Crippen molar-refractivity contribution in [1.82, 2.24) is 10.2 Å². The molecule has 0 bridgehead atoms. The number of hydrogen-bond donors (Lipinski definition) is 1. The third kappa shape index (κ3) is 0.981. The van der Waals surface area contributed by atoms with E-state index in [4.69, 9.17) is 5.90 Å². The summed E-state index contributed by atoms with van der Waals surface area (Å²) in [6.07, 6.45) is 1.49. The van der Waals surface area contributed by atoms with E-state index in [1.807, 2.05) is 24.3 Å². The van der Waals surface area contributed by atoms with Crippen molar-refractivity contribution in [3.63, 3.8) is 0 Å². The first kappa shape index (κ1) is 7.00. The average Bonchev–Trinajstić information content (AvgIpc) is 2.17. The lowest BCUT2D eigenvalue weighted by Gasteiger charge is -2.00. The molecule has 0 atom stereocenters. The molecule has 1 aromatic heterocycles. The molecule has 60 valence electrons. The first-order valence-electron chi connectivity index (χ1n) is 3.49. The maximum absolute atomic E-state index is 5.05. The maximum Gasteiger partial charge on any atom is 0.176 e. The molecule has 0 saturated heterocycles. The lowest BCUT2D eigenvalue weighted by Crippen LogP contribution is -2.03. The molecule has 1 heterocycles. The van der Waals surface area contributed by atoms with Gasteiger partial charge in [-0.1, -0.05) is 12.1 Å². The van der Waals surface area contributed by atoms with Crippen LogP contribution in [0.5, 0.6) is 5.75 Å². The minimum atomic E-state index is 0.542. The third-order valence-electron chi connectivity index (χ3n) is 1.64. The predicted molar refractivity (Wildman–Crippen MR) is 44.4 cm³/mol. The molecule has 0 amide bonds. The van der Waals surface area contributed by atoms with E-state index in [2.05, 4.69) is 15.0 Å². The van der Waals surface area contributed by atoms with Gasteiger partial charge in [-0.05, 0) is 12.1 Å². The molecule has 0 saturated carbocycles. The number of nitrogens with zero attached hydrogens (tertiary/aromatic N) is 2. The molecule has 2 aromatic rings. The number of nitrogens with two attached hydrogens (primary N) is 1. The zero-order chi connectivity index (χ0) is 8.39. The van der Waals surface area contributed by atoms with Crippen LogP contribution < -0.4 is 10.7 Å². The SMILES string of the molecule is NOc1cnnc2ccccc12. The van der Waals surface area contributed by atoms with Crippen molar-refractivity contribution in [3.8, 4) is 5.75 Å². The first-order valence-corrected chi connectivity index (χ1v) is 3.49. The summed E-state index contributed by atoms with van der Waals surface area (Å²) in [7, 11) is 0. The number of fused-ring (bicyclic) bond motifs is 1. The first-order chi connectivity index (χ1) is 5.92. The molecule has 0 aliphatic rings. The summed E-state index contributed by atoms with van der Waals surface area (Å²) in [4.78, 5) is 4.62. The lowest BCUT2D eigenvalue weighted by atomic mass is 10.2. The Morgan fingerprint density at radius 3 is 2.92 bits per heavy atom. The van der Waals surface area contributed by atoms with Crippen molar-refractivity contribution < 1.29 is 4.84 Å². The molecule has 0 fully saturated rings. The van der Waals surface area contributed by atoms with E-state index in [0.29, 0.717) is 5.75 Å². The molecule has 2 rings (SSSR count). The van der Waals surface area contributed by atoms with Gasteiger partial charge in [0.05, 0.1) is 11.7 Å². The Bertz CT molecular complexity index is 397. The normalized spacial score (nSPS) is 10.1. The summed E-state index contributed by atoms with van der Waals surface area (Å²) < 4.78 is 0. The van der Waals surface area contributed by atoms with Gasteiger partial charge in [-0.3, -0.25) is 0 Å². The number of aromatic nitrogens is 2. The van der Waals surface area contributed by atoms with Gasteiger partial charge < -0.3 is 4.84 Å². The minimum absolute atomic E-state index is 0.542. The third-order valence-corrected chi connectivity index (χ3v) is 1.64. The summed E-state index contributed by atoms with van der Waals surface area (Å²) in [5, 5.41) is 8.50. The van der Waals surface area contributed by atoms with E-state index >= 15 is 0 Å². The van der Waals surface area contributed by atoms with Crippen molar-refractivity contribution in [1.29, 1.82) is 0 Å². The summed E-state index contributed by atoms with van der Waals surface area (Å²) in [6.45, 7) is 0. The Kier molecular flexibility index (Phi) is 1.60. The summed E-state index contributed by atoms with van der Waals surface area (Å²) in [6, 6.07) is 7.51. The van der Waals surface area contributed by atoms with E-state index in [1.54, 1.807) is 0 Å². The van der Waals surface area contributed by atoms with E-state index < -0.39 is 0 Å². The molecular formula is C8H7N3O. The second-order valence-corrected chi connectivity index (χ2v) is 2.34.